The second-order valence-corrected chi connectivity index (χ2v) is 4.85. The van der Waals surface area contributed by atoms with E-state index in [1.807, 2.05) is 13.8 Å². The third-order valence-electron chi connectivity index (χ3n) is 1.32. The Morgan fingerprint density at radius 3 is 2.45 bits per heavy atom. The summed E-state index contributed by atoms with van der Waals surface area (Å²) in [6.07, 6.45) is -0.483. The summed E-state index contributed by atoms with van der Waals surface area (Å²) in [5.74, 6) is 0.374. The van der Waals surface area contributed by atoms with E-state index >= 15 is 0 Å². The van der Waals surface area contributed by atoms with Gasteiger partial charge < -0.3 is 10.4 Å². The van der Waals surface area contributed by atoms with Crippen LogP contribution in [0.15, 0.2) is 0 Å². The molecular weight excluding hydrogens is 162 g/mol. The van der Waals surface area contributed by atoms with Gasteiger partial charge in [-0.2, -0.15) is 0 Å². The highest BCUT2D eigenvalue weighted by Crippen LogP contribution is 1.96. The highest BCUT2D eigenvalue weighted by Gasteiger charge is 2.10. The van der Waals surface area contributed by atoms with E-state index in [9.17, 15) is 9.32 Å². The van der Waals surface area contributed by atoms with Crippen LogP contribution in [0, 0.1) is 0 Å². The Morgan fingerprint density at radius 1 is 1.55 bits per heavy atom. The Bertz CT molecular complexity index is 128. The first-order chi connectivity index (χ1) is 5.07. The minimum absolute atomic E-state index is 0.140. The van der Waals surface area contributed by atoms with E-state index in [2.05, 4.69) is 5.32 Å². The van der Waals surface area contributed by atoms with Crippen LogP contribution in [0.3, 0.4) is 0 Å². The molecule has 68 valence electrons. The number of hydrogen-bond acceptors (Lipinski definition) is 3. The molecule has 0 amide bonds. The van der Waals surface area contributed by atoms with E-state index in [-0.39, 0.29) is 5.25 Å². The van der Waals surface area contributed by atoms with Crippen LogP contribution in [0.5, 0.6) is 0 Å². The lowest BCUT2D eigenvalue weighted by atomic mass is 10.4. The van der Waals surface area contributed by atoms with E-state index in [0.29, 0.717) is 12.3 Å². The SMILES string of the molecule is CNCC(O)CS(=O)C(C)C. The van der Waals surface area contributed by atoms with Crippen molar-refractivity contribution in [1.29, 1.82) is 0 Å². The number of likely N-dealkylation sites (N-methyl/N-ethyl adjacent to an activating group) is 1. The van der Waals surface area contributed by atoms with Gasteiger partial charge in [0.2, 0.25) is 0 Å². The molecule has 0 saturated carbocycles. The summed E-state index contributed by atoms with van der Waals surface area (Å²) < 4.78 is 11.2. The Labute approximate surface area is 70.6 Å². The number of aliphatic hydroxyl groups is 1. The minimum atomic E-state index is -0.893. The average molecular weight is 179 g/mol. The van der Waals surface area contributed by atoms with Crippen LogP contribution in [0.1, 0.15) is 13.8 Å². The molecule has 0 aromatic carbocycles. The molecule has 3 nitrogen and oxygen atoms in total. The number of hydrogen-bond donors (Lipinski definition) is 2. The maximum Gasteiger partial charge on any atom is 0.0779 e. The molecule has 2 N–H and O–H groups in total. The van der Waals surface area contributed by atoms with Crippen molar-refractivity contribution in [3.63, 3.8) is 0 Å². The first kappa shape index (κ1) is 11.1. The zero-order valence-electron chi connectivity index (χ0n) is 7.33. The molecular formula is C7H17NO2S. The topological polar surface area (TPSA) is 49.3 Å². The largest absolute Gasteiger partial charge is 0.391 e. The van der Waals surface area contributed by atoms with Crippen molar-refractivity contribution in [2.45, 2.75) is 25.2 Å². The van der Waals surface area contributed by atoms with Crippen LogP contribution >= 0.6 is 0 Å². The lowest BCUT2D eigenvalue weighted by molar-refractivity contribution is 0.198. The van der Waals surface area contributed by atoms with Crippen LogP contribution < -0.4 is 5.32 Å². The Kier molecular flexibility index (Phi) is 5.72. The van der Waals surface area contributed by atoms with Gasteiger partial charge in [0, 0.05) is 22.6 Å². The van der Waals surface area contributed by atoms with Crippen molar-refractivity contribution >= 4 is 10.8 Å². The first-order valence-corrected chi connectivity index (χ1v) is 5.16. The normalized spacial score (nSPS) is 16.8. The van der Waals surface area contributed by atoms with Crippen LogP contribution in [0.2, 0.25) is 0 Å². The lowest BCUT2D eigenvalue weighted by Gasteiger charge is -2.10. The molecule has 2 atom stereocenters. The number of aliphatic hydroxyl groups excluding tert-OH is 1. The van der Waals surface area contributed by atoms with Crippen LogP contribution in [0.25, 0.3) is 0 Å². The molecule has 0 aliphatic carbocycles. The van der Waals surface area contributed by atoms with Gasteiger partial charge in [0.05, 0.1) is 11.9 Å². The molecule has 0 rings (SSSR count). The molecule has 0 fully saturated rings. The highest BCUT2D eigenvalue weighted by molar-refractivity contribution is 7.85. The zero-order chi connectivity index (χ0) is 8.85. The van der Waals surface area contributed by atoms with Crippen molar-refractivity contribution < 1.29 is 9.32 Å². The van der Waals surface area contributed by atoms with Gasteiger partial charge in [-0.3, -0.25) is 4.21 Å². The fourth-order valence-corrected chi connectivity index (χ4v) is 1.56. The van der Waals surface area contributed by atoms with Crippen molar-refractivity contribution in [3.8, 4) is 0 Å². The van der Waals surface area contributed by atoms with Crippen LogP contribution in [-0.2, 0) is 10.8 Å². The van der Waals surface area contributed by atoms with Gasteiger partial charge in [0.1, 0.15) is 0 Å². The quantitative estimate of drug-likeness (QED) is 0.610. The molecule has 2 unspecified atom stereocenters. The molecule has 0 aliphatic heterocycles. The van der Waals surface area contributed by atoms with Crippen molar-refractivity contribution in [2.75, 3.05) is 19.3 Å². The third kappa shape index (κ3) is 5.35. The Hall–Kier alpha value is 0.0700. The number of nitrogens with one attached hydrogen (secondary N) is 1. The van der Waals surface area contributed by atoms with E-state index in [4.69, 9.17) is 0 Å². The maximum absolute atomic E-state index is 11.2. The van der Waals surface area contributed by atoms with Gasteiger partial charge in [-0.05, 0) is 7.05 Å². The van der Waals surface area contributed by atoms with Gasteiger partial charge in [0.25, 0.3) is 0 Å². The van der Waals surface area contributed by atoms with Crippen molar-refractivity contribution in [3.05, 3.63) is 0 Å². The minimum Gasteiger partial charge on any atom is -0.391 e. The van der Waals surface area contributed by atoms with Crippen LogP contribution in [-0.4, -0.2) is 40.0 Å². The summed E-state index contributed by atoms with van der Waals surface area (Å²) >= 11 is 0. The number of rotatable bonds is 5. The van der Waals surface area contributed by atoms with Gasteiger partial charge in [-0.25, -0.2) is 0 Å². The first-order valence-electron chi connectivity index (χ1n) is 3.77. The van der Waals surface area contributed by atoms with E-state index in [0.717, 1.165) is 0 Å². The Balaban J connectivity index is 3.57. The summed E-state index contributed by atoms with van der Waals surface area (Å²) in [5.41, 5.74) is 0. The maximum atomic E-state index is 11.2. The van der Waals surface area contributed by atoms with Gasteiger partial charge in [-0.1, -0.05) is 13.8 Å². The lowest BCUT2D eigenvalue weighted by Crippen LogP contribution is -2.30. The summed E-state index contributed by atoms with van der Waals surface area (Å²) in [6.45, 7) is 4.29. The summed E-state index contributed by atoms with van der Waals surface area (Å²) in [7, 11) is 0.872. The third-order valence-corrected chi connectivity index (χ3v) is 3.09. The predicted molar refractivity (Wildman–Crippen MR) is 48.1 cm³/mol. The smallest absolute Gasteiger partial charge is 0.0779 e. The molecule has 0 heterocycles. The Morgan fingerprint density at radius 2 is 2.09 bits per heavy atom. The monoisotopic (exact) mass is 179 g/mol. The molecule has 11 heavy (non-hydrogen) atoms. The summed E-state index contributed by atoms with van der Waals surface area (Å²) in [5, 5.41) is 12.2. The highest BCUT2D eigenvalue weighted by atomic mass is 32.2. The van der Waals surface area contributed by atoms with Gasteiger partial charge >= 0.3 is 0 Å². The van der Waals surface area contributed by atoms with E-state index in [1.54, 1.807) is 7.05 Å². The molecule has 0 aliphatic rings. The summed E-state index contributed by atoms with van der Waals surface area (Å²) in [4.78, 5) is 0. The molecule has 0 spiro atoms. The van der Waals surface area contributed by atoms with E-state index in [1.165, 1.54) is 0 Å². The fourth-order valence-electron chi connectivity index (χ4n) is 0.677. The van der Waals surface area contributed by atoms with Crippen molar-refractivity contribution in [2.24, 2.45) is 0 Å². The second-order valence-electron chi connectivity index (χ2n) is 2.81. The molecule has 0 radical (unpaired) electrons. The standard InChI is InChI=1S/C7H17NO2S/c1-6(2)11(10)5-7(9)4-8-3/h6-9H,4-5H2,1-3H3. The average Bonchev–Trinajstić information content (AvgIpc) is 1.87. The second kappa shape index (κ2) is 5.69. The van der Waals surface area contributed by atoms with Crippen molar-refractivity contribution in [1.82, 2.24) is 5.32 Å². The molecule has 0 saturated heterocycles. The molecule has 0 bridgehead atoms. The predicted octanol–water partition coefficient (Wildman–Crippen LogP) is -0.276. The van der Waals surface area contributed by atoms with Gasteiger partial charge in [0.15, 0.2) is 0 Å². The molecule has 0 aromatic heterocycles. The fraction of sp³-hybridized carbons (Fsp3) is 1.00. The zero-order valence-corrected chi connectivity index (χ0v) is 8.15. The van der Waals surface area contributed by atoms with E-state index < -0.39 is 16.9 Å². The van der Waals surface area contributed by atoms with Gasteiger partial charge in [-0.15, -0.1) is 0 Å². The van der Waals surface area contributed by atoms with Crippen LogP contribution in [0.4, 0.5) is 0 Å². The molecule has 0 aromatic rings. The molecule has 4 heteroatoms. The summed E-state index contributed by atoms with van der Waals surface area (Å²) in [6, 6.07) is 0.